The van der Waals surface area contributed by atoms with Gasteiger partial charge in [0.15, 0.2) is 0 Å². The van der Waals surface area contributed by atoms with E-state index < -0.39 is 0 Å². The van der Waals surface area contributed by atoms with Gasteiger partial charge in [0.25, 0.3) is 5.91 Å². The number of hydrogen-bond donors (Lipinski definition) is 1. The normalized spacial score (nSPS) is 9.24. The quantitative estimate of drug-likeness (QED) is 0.921. The van der Waals surface area contributed by atoms with Crippen LogP contribution in [0.4, 0.5) is 5.69 Å². The Morgan fingerprint density at radius 3 is 2.47 bits per heavy atom. The van der Waals surface area contributed by atoms with E-state index in [9.17, 15) is 4.79 Å². The Bertz CT molecular complexity index is 488. The van der Waals surface area contributed by atoms with Crippen LogP contribution in [0.25, 0.3) is 0 Å². The number of halogens is 2. The Morgan fingerprint density at radius 1 is 1.18 bits per heavy atom. The first-order chi connectivity index (χ1) is 7.75. The number of carbonyl (C=O) groups excluding carboxylic acids is 1. The van der Waals surface area contributed by atoms with Gasteiger partial charge in [0, 0.05) is 22.6 Å². The molecule has 0 unspecified atom stereocenters. The van der Waals surface area contributed by atoms with Crippen molar-refractivity contribution in [3.8, 4) is 0 Å². The highest BCUT2D eigenvalue weighted by molar-refractivity contribution is 9.10. The lowest BCUT2D eigenvalue weighted by molar-refractivity contribution is 0.102. The maximum atomic E-state index is 11.7. The lowest BCUT2D eigenvalue weighted by atomic mass is 10.2. The number of amides is 1. The predicted molar refractivity (Wildman–Crippen MR) is 73.6 cm³/mol. The Kier molecular flexibility index (Phi) is 5.12. The molecule has 1 heterocycles. The van der Waals surface area contributed by atoms with Crippen LogP contribution < -0.4 is 5.32 Å². The van der Waals surface area contributed by atoms with E-state index in [-0.39, 0.29) is 18.3 Å². The van der Waals surface area contributed by atoms with Crippen molar-refractivity contribution >= 4 is 39.9 Å². The Hall–Kier alpha value is -1.39. The molecule has 1 aromatic carbocycles. The molecule has 0 spiro atoms. The molecule has 1 aromatic heterocycles. The molecule has 0 radical (unpaired) electrons. The Labute approximate surface area is 114 Å². The van der Waals surface area contributed by atoms with Crippen LogP contribution in [0.2, 0.25) is 0 Å². The molecule has 0 aliphatic heterocycles. The molecule has 5 heteroatoms. The van der Waals surface area contributed by atoms with Crippen molar-refractivity contribution in [3.63, 3.8) is 0 Å². The topological polar surface area (TPSA) is 42.0 Å². The summed E-state index contributed by atoms with van der Waals surface area (Å²) in [5.41, 5.74) is 1.31. The van der Waals surface area contributed by atoms with E-state index in [1.165, 1.54) is 6.20 Å². The number of anilines is 1. The van der Waals surface area contributed by atoms with Gasteiger partial charge < -0.3 is 5.32 Å². The first kappa shape index (κ1) is 13.7. The smallest absolute Gasteiger partial charge is 0.257 e. The van der Waals surface area contributed by atoms with Crippen LogP contribution >= 0.6 is 28.3 Å². The van der Waals surface area contributed by atoms with Gasteiger partial charge in [-0.3, -0.25) is 9.78 Å². The molecule has 0 saturated carbocycles. The van der Waals surface area contributed by atoms with Crippen molar-refractivity contribution in [2.45, 2.75) is 0 Å². The summed E-state index contributed by atoms with van der Waals surface area (Å²) in [5.74, 6) is -0.157. The van der Waals surface area contributed by atoms with E-state index >= 15 is 0 Å². The van der Waals surface area contributed by atoms with E-state index in [2.05, 4.69) is 26.2 Å². The molecule has 2 rings (SSSR count). The van der Waals surface area contributed by atoms with E-state index in [1.807, 2.05) is 24.3 Å². The lowest BCUT2D eigenvalue weighted by Crippen LogP contribution is -2.11. The fraction of sp³-hybridized carbons (Fsp3) is 0. The highest BCUT2D eigenvalue weighted by atomic mass is 79.9. The molecular weight excluding hydrogens is 304 g/mol. The number of nitrogens with one attached hydrogen (secondary N) is 1. The average molecular weight is 314 g/mol. The fourth-order valence-electron chi connectivity index (χ4n) is 1.23. The second kappa shape index (κ2) is 6.37. The third-order valence-corrected chi connectivity index (χ3v) is 2.55. The molecular formula is C12H10BrClN2O. The molecule has 3 nitrogen and oxygen atoms in total. The minimum atomic E-state index is -0.157. The van der Waals surface area contributed by atoms with Crippen LogP contribution in [0.5, 0.6) is 0 Å². The van der Waals surface area contributed by atoms with E-state index in [0.29, 0.717) is 5.56 Å². The molecule has 0 fully saturated rings. The van der Waals surface area contributed by atoms with Gasteiger partial charge >= 0.3 is 0 Å². The lowest BCUT2D eigenvalue weighted by Gasteiger charge is -2.04. The first-order valence-electron chi connectivity index (χ1n) is 4.72. The molecule has 0 bridgehead atoms. The van der Waals surface area contributed by atoms with Crippen molar-refractivity contribution in [3.05, 3.63) is 58.8 Å². The third kappa shape index (κ3) is 3.84. The molecule has 0 aliphatic rings. The zero-order chi connectivity index (χ0) is 11.4. The number of rotatable bonds is 2. The van der Waals surface area contributed by atoms with Gasteiger partial charge in [0.05, 0.1) is 5.56 Å². The zero-order valence-electron chi connectivity index (χ0n) is 8.76. The third-order valence-electron chi connectivity index (χ3n) is 2.03. The van der Waals surface area contributed by atoms with Crippen LogP contribution in [-0.4, -0.2) is 10.9 Å². The molecule has 0 aliphatic carbocycles. The Balaban J connectivity index is 0.00000144. The maximum Gasteiger partial charge on any atom is 0.257 e. The summed E-state index contributed by atoms with van der Waals surface area (Å²) in [7, 11) is 0. The zero-order valence-corrected chi connectivity index (χ0v) is 11.2. The SMILES string of the molecule is Cl.O=C(Nc1ccc(Br)cc1)c1cccnc1. The molecule has 1 N–H and O–H groups in total. The van der Waals surface area contributed by atoms with E-state index in [1.54, 1.807) is 18.3 Å². The van der Waals surface area contributed by atoms with Gasteiger partial charge in [-0.05, 0) is 36.4 Å². The molecule has 0 atom stereocenters. The second-order valence-corrected chi connectivity index (χ2v) is 4.12. The van der Waals surface area contributed by atoms with Gasteiger partial charge in [0.2, 0.25) is 0 Å². The van der Waals surface area contributed by atoms with Crippen LogP contribution in [0, 0.1) is 0 Å². The summed E-state index contributed by atoms with van der Waals surface area (Å²) in [6.45, 7) is 0. The summed E-state index contributed by atoms with van der Waals surface area (Å²) in [6.07, 6.45) is 3.17. The number of carbonyl (C=O) groups is 1. The number of pyridine rings is 1. The largest absolute Gasteiger partial charge is 0.322 e. The van der Waals surface area contributed by atoms with Crippen molar-refractivity contribution in [1.29, 1.82) is 0 Å². The monoisotopic (exact) mass is 312 g/mol. The molecule has 17 heavy (non-hydrogen) atoms. The molecule has 0 saturated heterocycles. The van der Waals surface area contributed by atoms with Gasteiger partial charge in [-0.15, -0.1) is 12.4 Å². The Morgan fingerprint density at radius 2 is 1.88 bits per heavy atom. The van der Waals surface area contributed by atoms with Crippen LogP contribution in [0.1, 0.15) is 10.4 Å². The van der Waals surface area contributed by atoms with Crippen molar-refractivity contribution in [2.24, 2.45) is 0 Å². The average Bonchev–Trinajstić information content (AvgIpc) is 2.33. The van der Waals surface area contributed by atoms with Crippen molar-refractivity contribution in [2.75, 3.05) is 5.32 Å². The van der Waals surface area contributed by atoms with Crippen molar-refractivity contribution < 1.29 is 4.79 Å². The summed E-state index contributed by atoms with van der Waals surface area (Å²) in [6, 6.07) is 10.9. The minimum absolute atomic E-state index is 0. The summed E-state index contributed by atoms with van der Waals surface area (Å²) in [5, 5.41) is 2.79. The highest BCUT2D eigenvalue weighted by Gasteiger charge is 2.04. The molecule has 1 amide bonds. The highest BCUT2D eigenvalue weighted by Crippen LogP contribution is 2.14. The van der Waals surface area contributed by atoms with E-state index in [4.69, 9.17) is 0 Å². The van der Waals surface area contributed by atoms with Gasteiger partial charge in [-0.1, -0.05) is 15.9 Å². The molecule has 2 aromatic rings. The van der Waals surface area contributed by atoms with Gasteiger partial charge in [-0.25, -0.2) is 0 Å². The standard InChI is InChI=1S/C12H9BrN2O.ClH/c13-10-3-5-11(6-4-10)15-12(16)9-2-1-7-14-8-9;/h1-8H,(H,15,16);1H. The minimum Gasteiger partial charge on any atom is -0.322 e. The number of nitrogens with zero attached hydrogens (tertiary/aromatic N) is 1. The first-order valence-corrected chi connectivity index (χ1v) is 5.52. The van der Waals surface area contributed by atoms with Gasteiger partial charge in [0.1, 0.15) is 0 Å². The van der Waals surface area contributed by atoms with Gasteiger partial charge in [-0.2, -0.15) is 0 Å². The van der Waals surface area contributed by atoms with E-state index in [0.717, 1.165) is 10.2 Å². The molecule has 88 valence electrons. The number of benzene rings is 1. The van der Waals surface area contributed by atoms with Crippen LogP contribution in [-0.2, 0) is 0 Å². The number of aromatic nitrogens is 1. The summed E-state index contributed by atoms with van der Waals surface area (Å²) in [4.78, 5) is 15.6. The second-order valence-electron chi connectivity index (χ2n) is 3.20. The number of hydrogen-bond acceptors (Lipinski definition) is 2. The summed E-state index contributed by atoms with van der Waals surface area (Å²) < 4.78 is 0.979. The fourth-order valence-corrected chi connectivity index (χ4v) is 1.50. The van der Waals surface area contributed by atoms with Crippen molar-refractivity contribution in [1.82, 2.24) is 4.98 Å². The maximum absolute atomic E-state index is 11.7. The predicted octanol–water partition coefficient (Wildman–Crippen LogP) is 3.52. The van der Waals surface area contributed by atoms with Crippen LogP contribution in [0.3, 0.4) is 0 Å². The summed E-state index contributed by atoms with van der Waals surface area (Å²) >= 11 is 3.33. The van der Waals surface area contributed by atoms with Crippen LogP contribution in [0.15, 0.2) is 53.3 Å².